The molecule has 0 bridgehead atoms. The number of carbonyl (C=O) groups is 3. The lowest BCUT2D eigenvalue weighted by Gasteiger charge is -2.32. The average molecular weight is 526 g/mol. The molecule has 3 atom stereocenters. The Morgan fingerprint density at radius 2 is 1.76 bits per heavy atom. The van der Waals surface area contributed by atoms with Gasteiger partial charge in [0, 0.05) is 31.4 Å². The smallest absolute Gasteiger partial charge is 0.384 e. The van der Waals surface area contributed by atoms with E-state index in [-0.39, 0.29) is 29.7 Å². The van der Waals surface area contributed by atoms with Gasteiger partial charge in [-0.05, 0) is 68.2 Å². The van der Waals surface area contributed by atoms with Crippen molar-refractivity contribution >= 4 is 23.3 Å². The van der Waals surface area contributed by atoms with Crippen molar-refractivity contribution in [3.63, 3.8) is 0 Å². The molecule has 2 N–H and O–H groups in total. The standard InChI is InChI=1S/C28H39N5O5/c1-17(2)15-23(24(34)27-31-33(28(37)38-27)16-18-9-10-18)30-26(36)21-7-5-6-8-22(21)29-25(35)19-11-13-20(14-12-19)32(3)4/h11-14,17-18,21-23H,5-10,15-16H2,1-4H3,(H,29,35)(H,30,36)/t21-,22+,23+/m1/s1. The van der Waals surface area contributed by atoms with Crippen LogP contribution in [0.1, 0.15) is 79.8 Å². The highest BCUT2D eigenvalue weighted by atomic mass is 16.4. The number of amides is 2. The van der Waals surface area contributed by atoms with Crippen LogP contribution in [-0.2, 0) is 11.3 Å². The maximum absolute atomic E-state index is 13.5. The molecule has 0 aliphatic heterocycles. The van der Waals surface area contributed by atoms with Gasteiger partial charge in [0.05, 0.1) is 18.5 Å². The topological polar surface area (TPSA) is 127 Å². The minimum Gasteiger partial charge on any atom is -0.384 e. The van der Waals surface area contributed by atoms with Gasteiger partial charge in [0.2, 0.25) is 11.7 Å². The quantitative estimate of drug-likeness (QED) is 0.432. The van der Waals surface area contributed by atoms with Crippen molar-refractivity contribution in [2.24, 2.45) is 17.8 Å². The highest BCUT2D eigenvalue weighted by Crippen LogP contribution is 2.30. The minimum absolute atomic E-state index is 0.108. The van der Waals surface area contributed by atoms with E-state index in [0.29, 0.717) is 37.3 Å². The zero-order valence-electron chi connectivity index (χ0n) is 22.7. The summed E-state index contributed by atoms with van der Waals surface area (Å²) in [5.41, 5.74) is 1.52. The van der Waals surface area contributed by atoms with E-state index in [2.05, 4.69) is 15.7 Å². The first-order valence-corrected chi connectivity index (χ1v) is 13.6. The highest BCUT2D eigenvalue weighted by molar-refractivity contribution is 5.99. The third-order valence-electron chi connectivity index (χ3n) is 7.35. The summed E-state index contributed by atoms with van der Waals surface area (Å²) in [6.45, 7) is 4.36. The molecular formula is C28H39N5O5. The third-order valence-corrected chi connectivity index (χ3v) is 7.35. The summed E-state index contributed by atoms with van der Waals surface area (Å²) in [6, 6.07) is 6.10. The Bertz CT molecular complexity index is 1190. The fraction of sp³-hybridized carbons (Fsp3) is 0.607. The Hall–Kier alpha value is -3.43. The Morgan fingerprint density at radius 1 is 1.08 bits per heavy atom. The third kappa shape index (κ3) is 6.90. The molecule has 0 radical (unpaired) electrons. The number of hydrogen-bond acceptors (Lipinski definition) is 7. The molecule has 1 aromatic heterocycles. The first-order chi connectivity index (χ1) is 18.1. The van der Waals surface area contributed by atoms with Crippen molar-refractivity contribution in [2.45, 2.75) is 77.4 Å². The molecular weight excluding hydrogens is 486 g/mol. The molecule has 2 aromatic rings. The molecule has 0 unspecified atom stereocenters. The van der Waals surface area contributed by atoms with Gasteiger partial charge in [0.1, 0.15) is 0 Å². The van der Waals surface area contributed by atoms with E-state index in [1.54, 1.807) is 12.1 Å². The Morgan fingerprint density at radius 3 is 2.39 bits per heavy atom. The van der Waals surface area contributed by atoms with Gasteiger partial charge in [-0.2, -0.15) is 4.68 Å². The van der Waals surface area contributed by atoms with E-state index in [1.807, 2.05) is 45.0 Å². The second-order valence-corrected chi connectivity index (χ2v) is 11.3. The molecule has 2 saturated carbocycles. The number of nitrogens with zero attached hydrogens (tertiary/aromatic N) is 3. The summed E-state index contributed by atoms with van der Waals surface area (Å²) in [7, 11) is 3.87. The molecule has 2 aliphatic rings. The summed E-state index contributed by atoms with van der Waals surface area (Å²) in [5, 5.41) is 10.1. The molecule has 0 saturated heterocycles. The van der Waals surface area contributed by atoms with Gasteiger partial charge in [-0.3, -0.25) is 14.4 Å². The lowest BCUT2D eigenvalue weighted by molar-refractivity contribution is -0.127. The number of nitrogens with one attached hydrogen (secondary N) is 2. The van der Waals surface area contributed by atoms with Gasteiger partial charge >= 0.3 is 5.76 Å². The van der Waals surface area contributed by atoms with Crippen molar-refractivity contribution in [1.82, 2.24) is 20.4 Å². The first kappa shape index (κ1) is 27.6. The lowest BCUT2D eigenvalue weighted by Crippen LogP contribution is -2.52. The average Bonchev–Trinajstić information content (AvgIpc) is 3.63. The van der Waals surface area contributed by atoms with Gasteiger partial charge in [0.15, 0.2) is 0 Å². The van der Waals surface area contributed by atoms with Crippen LogP contribution in [0.2, 0.25) is 0 Å². The Labute approximate surface area is 223 Å². The van der Waals surface area contributed by atoms with Gasteiger partial charge in [-0.25, -0.2) is 4.79 Å². The summed E-state index contributed by atoms with van der Waals surface area (Å²) in [5.74, 6) is -1.88. The van der Waals surface area contributed by atoms with Crippen LogP contribution in [0.15, 0.2) is 33.5 Å². The van der Waals surface area contributed by atoms with E-state index >= 15 is 0 Å². The van der Waals surface area contributed by atoms with Gasteiger partial charge in [-0.15, -0.1) is 5.10 Å². The zero-order valence-corrected chi connectivity index (χ0v) is 22.7. The molecule has 1 heterocycles. The lowest BCUT2D eigenvalue weighted by atomic mass is 9.83. The van der Waals surface area contributed by atoms with Crippen LogP contribution in [0.4, 0.5) is 5.69 Å². The number of Topliss-reactive ketones (excluding diaryl/α,β-unsaturated/α-hetero) is 1. The van der Waals surface area contributed by atoms with E-state index in [4.69, 9.17) is 4.42 Å². The molecule has 2 fully saturated rings. The monoisotopic (exact) mass is 525 g/mol. The second kappa shape index (κ2) is 12.0. The summed E-state index contributed by atoms with van der Waals surface area (Å²) >= 11 is 0. The number of ketones is 1. The normalized spacial score (nSPS) is 20.1. The molecule has 38 heavy (non-hydrogen) atoms. The van der Waals surface area contributed by atoms with E-state index in [1.165, 1.54) is 4.68 Å². The minimum atomic E-state index is -0.869. The van der Waals surface area contributed by atoms with Crippen LogP contribution in [0, 0.1) is 17.8 Å². The fourth-order valence-corrected chi connectivity index (χ4v) is 4.98. The van der Waals surface area contributed by atoms with Gasteiger partial charge in [0.25, 0.3) is 11.8 Å². The van der Waals surface area contributed by atoms with Crippen molar-refractivity contribution < 1.29 is 18.8 Å². The fourth-order valence-electron chi connectivity index (χ4n) is 4.98. The number of hydrogen-bond donors (Lipinski definition) is 2. The van der Waals surface area contributed by atoms with Crippen molar-refractivity contribution in [2.75, 3.05) is 19.0 Å². The predicted molar refractivity (Wildman–Crippen MR) is 143 cm³/mol. The molecule has 206 valence electrons. The molecule has 2 amide bonds. The molecule has 1 aromatic carbocycles. The van der Waals surface area contributed by atoms with Crippen LogP contribution in [0.3, 0.4) is 0 Å². The van der Waals surface area contributed by atoms with Crippen LogP contribution in [-0.4, -0.2) is 53.6 Å². The largest absolute Gasteiger partial charge is 0.437 e. The maximum atomic E-state index is 13.5. The Kier molecular flexibility index (Phi) is 8.69. The van der Waals surface area contributed by atoms with Gasteiger partial charge < -0.3 is 20.0 Å². The summed E-state index contributed by atoms with van der Waals surface area (Å²) in [4.78, 5) is 53.9. The molecule has 4 rings (SSSR count). The van der Waals surface area contributed by atoms with Crippen LogP contribution >= 0.6 is 0 Å². The van der Waals surface area contributed by atoms with Gasteiger partial charge in [-0.1, -0.05) is 26.7 Å². The number of benzene rings is 1. The van der Waals surface area contributed by atoms with E-state index < -0.39 is 23.5 Å². The van der Waals surface area contributed by atoms with Crippen molar-refractivity contribution in [3.8, 4) is 0 Å². The van der Waals surface area contributed by atoms with E-state index in [0.717, 1.165) is 31.4 Å². The summed E-state index contributed by atoms with van der Waals surface area (Å²) in [6.07, 6.45) is 5.53. The number of rotatable bonds is 11. The number of anilines is 1. The summed E-state index contributed by atoms with van der Waals surface area (Å²) < 4.78 is 6.38. The highest BCUT2D eigenvalue weighted by Gasteiger charge is 2.36. The van der Waals surface area contributed by atoms with E-state index in [9.17, 15) is 19.2 Å². The molecule has 10 heteroatoms. The van der Waals surface area contributed by atoms with Crippen molar-refractivity contribution in [3.05, 3.63) is 46.3 Å². The Balaban J connectivity index is 1.44. The second-order valence-electron chi connectivity index (χ2n) is 11.3. The molecule has 10 nitrogen and oxygen atoms in total. The molecule has 0 spiro atoms. The number of carbonyl (C=O) groups excluding carboxylic acids is 3. The first-order valence-electron chi connectivity index (χ1n) is 13.6. The van der Waals surface area contributed by atoms with Crippen LogP contribution in [0.5, 0.6) is 0 Å². The van der Waals surface area contributed by atoms with Crippen LogP contribution < -0.4 is 21.3 Å². The van der Waals surface area contributed by atoms with Crippen LogP contribution in [0.25, 0.3) is 0 Å². The maximum Gasteiger partial charge on any atom is 0.437 e. The molecule has 2 aliphatic carbocycles. The zero-order chi connectivity index (χ0) is 27.4. The number of aromatic nitrogens is 2. The predicted octanol–water partition coefficient (Wildman–Crippen LogP) is 3.01. The SMILES string of the molecule is CC(C)C[C@H](NC(=O)[C@@H]1CCCC[C@@H]1NC(=O)c1ccc(N(C)C)cc1)C(=O)c1nn(CC2CC2)c(=O)o1. The van der Waals surface area contributed by atoms with Crippen molar-refractivity contribution in [1.29, 1.82) is 0 Å².